The Hall–Kier alpha value is -1.86. The lowest BCUT2D eigenvalue weighted by Crippen LogP contribution is -2.42. The molecular weight excluding hydrogens is 368 g/mol. The monoisotopic (exact) mass is 396 g/mol. The number of aromatic nitrogens is 1. The fourth-order valence-corrected chi connectivity index (χ4v) is 3.60. The summed E-state index contributed by atoms with van der Waals surface area (Å²) in [6.07, 6.45) is 4.38. The molecule has 3 heterocycles. The number of carbonyl (C=O) groups is 2. The number of rotatable bonds is 4. The number of hydrogen-bond acceptors (Lipinski definition) is 6. The highest BCUT2D eigenvalue weighted by Gasteiger charge is 2.27. The lowest BCUT2D eigenvalue weighted by molar-refractivity contribution is -0.136. The van der Waals surface area contributed by atoms with Gasteiger partial charge in [0.05, 0.1) is 12.2 Å². The molecule has 0 atom stereocenters. The van der Waals surface area contributed by atoms with Crippen molar-refractivity contribution in [3.05, 3.63) is 23.9 Å². The Bertz CT molecular complexity index is 620. The highest BCUT2D eigenvalue weighted by Crippen LogP contribution is 2.19. The summed E-state index contributed by atoms with van der Waals surface area (Å²) >= 11 is 0. The number of carbonyl (C=O) groups excluding carboxylic acids is 2. The van der Waals surface area contributed by atoms with Crippen molar-refractivity contribution in [2.45, 2.75) is 26.2 Å². The summed E-state index contributed by atoms with van der Waals surface area (Å²) in [7, 11) is 0. The maximum atomic E-state index is 12.7. The molecule has 1 aromatic rings. The summed E-state index contributed by atoms with van der Waals surface area (Å²) in [4.78, 5) is 33.1. The van der Waals surface area contributed by atoms with Gasteiger partial charge in [-0.05, 0) is 51.4 Å². The zero-order chi connectivity index (χ0) is 18.4. The van der Waals surface area contributed by atoms with E-state index in [1.807, 2.05) is 11.0 Å². The minimum absolute atomic E-state index is 0. The zero-order valence-corrected chi connectivity index (χ0v) is 16.7. The van der Waals surface area contributed by atoms with Crippen LogP contribution in [0.25, 0.3) is 0 Å². The minimum Gasteiger partial charge on any atom is -0.462 e. The van der Waals surface area contributed by atoms with Crippen LogP contribution in [0.5, 0.6) is 0 Å². The van der Waals surface area contributed by atoms with Crippen LogP contribution < -0.4 is 10.2 Å². The number of hydrogen-bond donors (Lipinski definition) is 1. The maximum absolute atomic E-state index is 12.7. The van der Waals surface area contributed by atoms with Crippen LogP contribution in [-0.2, 0) is 9.53 Å². The Morgan fingerprint density at radius 2 is 1.96 bits per heavy atom. The van der Waals surface area contributed by atoms with E-state index >= 15 is 0 Å². The number of nitrogens with zero attached hydrogens (tertiary/aromatic N) is 3. The van der Waals surface area contributed by atoms with Gasteiger partial charge >= 0.3 is 5.97 Å². The third-order valence-electron chi connectivity index (χ3n) is 5.08. The number of anilines is 1. The van der Waals surface area contributed by atoms with E-state index in [2.05, 4.69) is 15.2 Å². The molecule has 0 bridgehead atoms. The van der Waals surface area contributed by atoms with Crippen molar-refractivity contribution < 1.29 is 14.3 Å². The smallest absolute Gasteiger partial charge is 0.339 e. The van der Waals surface area contributed by atoms with E-state index < -0.39 is 0 Å². The number of pyridine rings is 1. The van der Waals surface area contributed by atoms with Crippen molar-refractivity contribution in [1.29, 1.82) is 0 Å². The molecule has 0 aliphatic carbocycles. The van der Waals surface area contributed by atoms with E-state index in [1.54, 1.807) is 19.2 Å². The molecule has 150 valence electrons. The summed E-state index contributed by atoms with van der Waals surface area (Å²) in [5.74, 6) is 0.971. The van der Waals surface area contributed by atoms with Gasteiger partial charge in [-0.15, -0.1) is 12.4 Å². The number of ether oxygens (including phenoxy) is 1. The Labute approximate surface area is 166 Å². The highest BCUT2D eigenvalue weighted by atomic mass is 35.5. The molecule has 1 amide bonds. The van der Waals surface area contributed by atoms with Crippen molar-refractivity contribution >= 4 is 30.1 Å². The normalized spacial score (nSPS) is 18.4. The lowest BCUT2D eigenvalue weighted by Gasteiger charge is -2.29. The van der Waals surface area contributed by atoms with Gasteiger partial charge in [0, 0.05) is 38.3 Å². The second-order valence-electron chi connectivity index (χ2n) is 6.82. The van der Waals surface area contributed by atoms with Crippen LogP contribution in [0, 0.1) is 5.92 Å². The van der Waals surface area contributed by atoms with Crippen LogP contribution in [0.15, 0.2) is 18.3 Å². The second kappa shape index (κ2) is 10.5. The van der Waals surface area contributed by atoms with E-state index in [0.717, 1.165) is 64.3 Å². The molecule has 0 saturated carbocycles. The zero-order valence-electron chi connectivity index (χ0n) is 15.9. The van der Waals surface area contributed by atoms with Crippen LogP contribution in [0.4, 0.5) is 5.82 Å². The van der Waals surface area contributed by atoms with Gasteiger partial charge < -0.3 is 19.9 Å². The first kappa shape index (κ1) is 21.4. The number of halogens is 1. The molecule has 3 rings (SSSR count). The van der Waals surface area contributed by atoms with Gasteiger partial charge in [-0.1, -0.05) is 0 Å². The second-order valence-corrected chi connectivity index (χ2v) is 6.82. The third-order valence-corrected chi connectivity index (χ3v) is 5.08. The summed E-state index contributed by atoms with van der Waals surface area (Å²) in [5.41, 5.74) is 0.466. The molecular formula is C19H29ClN4O3. The first-order valence-corrected chi connectivity index (χ1v) is 9.56. The predicted octanol–water partition coefficient (Wildman–Crippen LogP) is 1.72. The number of nitrogens with one attached hydrogen (secondary N) is 1. The van der Waals surface area contributed by atoms with Gasteiger partial charge in [0.25, 0.3) is 0 Å². The van der Waals surface area contributed by atoms with Crippen LogP contribution in [0.3, 0.4) is 0 Å². The van der Waals surface area contributed by atoms with Crippen molar-refractivity contribution in [1.82, 2.24) is 15.2 Å². The molecule has 2 fully saturated rings. The van der Waals surface area contributed by atoms with E-state index in [0.29, 0.717) is 18.1 Å². The molecule has 0 aromatic carbocycles. The Morgan fingerprint density at radius 1 is 1.19 bits per heavy atom. The van der Waals surface area contributed by atoms with Gasteiger partial charge in [0.2, 0.25) is 5.91 Å². The van der Waals surface area contributed by atoms with Gasteiger partial charge in [-0.3, -0.25) is 4.79 Å². The van der Waals surface area contributed by atoms with Gasteiger partial charge in [0.15, 0.2) is 0 Å². The largest absolute Gasteiger partial charge is 0.462 e. The van der Waals surface area contributed by atoms with Crippen LogP contribution in [-0.4, -0.2) is 67.6 Å². The summed E-state index contributed by atoms with van der Waals surface area (Å²) in [6, 6.07) is 3.61. The molecule has 7 nitrogen and oxygen atoms in total. The number of esters is 1. The average Bonchev–Trinajstić information content (AvgIpc) is 2.95. The van der Waals surface area contributed by atoms with Crippen molar-refractivity contribution in [3.63, 3.8) is 0 Å². The summed E-state index contributed by atoms with van der Waals surface area (Å²) in [6.45, 7) is 7.18. The molecule has 0 unspecified atom stereocenters. The predicted molar refractivity (Wildman–Crippen MR) is 106 cm³/mol. The molecule has 2 saturated heterocycles. The highest BCUT2D eigenvalue weighted by molar-refractivity contribution is 5.89. The summed E-state index contributed by atoms with van der Waals surface area (Å²) < 4.78 is 4.99. The van der Waals surface area contributed by atoms with Crippen molar-refractivity contribution in [2.24, 2.45) is 5.92 Å². The van der Waals surface area contributed by atoms with E-state index in [-0.39, 0.29) is 24.3 Å². The first-order valence-electron chi connectivity index (χ1n) is 9.56. The molecule has 2 aliphatic heterocycles. The van der Waals surface area contributed by atoms with Crippen LogP contribution in [0.1, 0.15) is 36.5 Å². The molecule has 2 aliphatic rings. The van der Waals surface area contributed by atoms with Crippen molar-refractivity contribution in [3.8, 4) is 0 Å². The van der Waals surface area contributed by atoms with Gasteiger partial charge in [-0.25, -0.2) is 9.78 Å². The Balaban J connectivity index is 0.00000261. The minimum atomic E-state index is -0.346. The van der Waals surface area contributed by atoms with Gasteiger partial charge in [0.1, 0.15) is 5.82 Å². The van der Waals surface area contributed by atoms with E-state index in [4.69, 9.17) is 4.74 Å². The standard InChI is InChI=1S/C19H28N4O3.ClH/c1-2-26-19(25)16-4-5-17(21-14-16)22-10-3-11-23(13-12-22)18(24)15-6-8-20-9-7-15;/h4-5,14-15,20H,2-3,6-13H2,1H3;1H. The average molecular weight is 397 g/mol. The Kier molecular flexibility index (Phi) is 8.31. The fourth-order valence-electron chi connectivity index (χ4n) is 3.60. The summed E-state index contributed by atoms with van der Waals surface area (Å²) in [5, 5.41) is 3.31. The SMILES string of the molecule is CCOC(=O)c1ccc(N2CCCN(C(=O)C3CCNCC3)CC2)nc1.Cl. The molecule has 1 aromatic heterocycles. The first-order chi connectivity index (χ1) is 12.7. The van der Waals surface area contributed by atoms with Crippen molar-refractivity contribution in [2.75, 3.05) is 50.8 Å². The number of piperidine rings is 1. The van der Waals surface area contributed by atoms with Crippen LogP contribution >= 0.6 is 12.4 Å². The Morgan fingerprint density at radius 3 is 2.63 bits per heavy atom. The van der Waals surface area contributed by atoms with Gasteiger partial charge in [-0.2, -0.15) is 0 Å². The quantitative estimate of drug-likeness (QED) is 0.781. The van der Waals surface area contributed by atoms with E-state index in [1.165, 1.54) is 0 Å². The lowest BCUT2D eigenvalue weighted by atomic mass is 9.96. The van der Waals surface area contributed by atoms with E-state index in [9.17, 15) is 9.59 Å². The molecule has 8 heteroatoms. The number of amides is 1. The molecule has 0 spiro atoms. The fraction of sp³-hybridized carbons (Fsp3) is 0.632. The van der Waals surface area contributed by atoms with Crippen LogP contribution in [0.2, 0.25) is 0 Å². The molecule has 27 heavy (non-hydrogen) atoms. The molecule has 0 radical (unpaired) electrons. The third kappa shape index (κ3) is 5.56. The molecule has 1 N–H and O–H groups in total. The topological polar surface area (TPSA) is 74.8 Å². The maximum Gasteiger partial charge on any atom is 0.339 e.